The van der Waals surface area contributed by atoms with E-state index in [0.29, 0.717) is 17.0 Å². The number of nitro benzene ring substituents is 1. The topological polar surface area (TPSA) is 55.2 Å². The minimum absolute atomic E-state index is 0.00775. The summed E-state index contributed by atoms with van der Waals surface area (Å²) in [4.78, 5) is 10.7. The molecule has 0 radical (unpaired) electrons. The molecule has 2 rings (SSSR count). The zero-order valence-electron chi connectivity index (χ0n) is 11.0. The molecule has 2 aromatic rings. The smallest absolute Gasteiger partial charge is 0.272 e. The summed E-state index contributed by atoms with van der Waals surface area (Å²) < 4.78 is 0. The first-order valence-corrected chi connectivity index (χ1v) is 6.64. The highest BCUT2D eigenvalue weighted by Gasteiger charge is 2.17. The predicted molar refractivity (Wildman–Crippen MR) is 80.1 cm³/mol. The van der Waals surface area contributed by atoms with Crippen molar-refractivity contribution in [3.8, 4) is 0 Å². The summed E-state index contributed by atoms with van der Waals surface area (Å²) in [6.45, 7) is 0. The Morgan fingerprint density at radius 3 is 2.45 bits per heavy atom. The van der Waals surface area contributed by atoms with E-state index in [0.717, 1.165) is 5.56 Å². The van der Waals surface area contributed by atoms with Gasteiger partial charge in [0.1, 0.15) is 0 Å². The van der Waals surface area contributed by atoms with Crippen molar-refractivity contribution in [3.63, 3.8) is 0 Å². The van der Waals surface area contributed by atoms with Gasteiger partial charge in [-0.25, -0.2) is 0 Å². The lowest BCUT2D eigenvalue weighted by molar-refractivity contribution is -0.385. The van der Waals surface area contributed by atoms with E-state index in [4.69, 9.17) is 11.6 Å². The predicted octanol–water partition coefficient (Wildman–Crippen LogP) is 3.75. The lowest BCUT2D eigenvalue weighted by Gasteiger charge is -2.17. The van der Waals surface area contributed by atoms with E-state index in [1.54, 1.807) is 12.1 Å². The molecular weight excluding hydrogens is 276 g/mol. The Kier molecular flexibility index (Phi) is 4.71. The summed E-state index contributed by atoms with van der Waals surface area (Å²) in [5.41, 5.74) is 1.92. The molecule has 0 saturated carbocycles. The van der Waals surface area contributed by atoms with Crippen molar-refractivity contribution in [1.82, 2.24) is 5.32 Å². The third kappa shape index (κ3) is 3.35. The lowest BCUT2D eigenvalue weighted by Crippen LogP contribution is -2.19. The SMILES string of the molecule is CNC(Cc1ccccc1[N+](=O)[O-])c1ccc(Cl)cc1. The minimum atomic E-state index is -0.343. The molecule has 5 heteroatoms. The number of halogens is 1. The van der Waals surface area contributed by atoms with Gasteiger partial charge in [-0.3, -0.25) is 10.1 Å². The zero-order valence-corrected chi connectivity index (χ0v) is 11.8. The third-order valence-electron chi connectivity index (χ3n) is 3.23. The molecule has 0 aromatic heterocycles. The number of benzene rings is 2. The molecule has 0 saturated heterocycles. The molecule has 0 spiro atoms. The van der Waals surface area contributed by atoms with Gasteiger partial charge < -0.3 is 5.32 Å². The number of rotatable bonds is 5. The van der Waals surface area contributed by atoms with Crippen molar-refractivity contribution in [2.75, 3.05) is 7.05 Å². The monoisotopic (exact) mass is 290 g/mol. The fourth-order valence-electron chi connectivity index (χ4n) is 2.16. The van der Waals surface area contributed by atoms with E-state index >= 15 is 0 Å². The Labute approximate surface area is 122 Å². The second kappa shape index (κ2) is 6.50. The van der Waals surface area contributed by atoms with Gasteiger partial charge in [-0.2, -0.15) is 0 Å². The second-order valence-electron chi connectivity index (χ2n) is 4.48. The second-order valence-corrected chi connectivity index (χ2v) is 4.92. The molecule has 0 aliphatic carbocycles. The molecule has 0 amide bonds. The van der Waals surface area contributed by atoms with Crippen molar-refractivity contribution < 1.29 is 4.92 Å². The molecule has 0 bridgehead atoms. The van der Waals surface area contributed by atoms with Crippen LogP contribution in [0.25, 0.3) is 0 Å². The maximum atomic E-state index is 11.0. The minimum Gasteiger partial charge on any atom is -0.313 e. The molecule has 0 fully saturated rings. The maximum absolute atomic E-state index is 11.0. The standard InChI is InChI=1S/C15H15ClN2O2/c1-17-14(11-6-8-13(16)9-7-11)10-12-4-2-3-5-15(12)18(19)20/h2-9,14,17H,10H2,1H3. The first kappa shape index (κ1) is 14.5. The molecule has 1 atom stereocenters. The van der Waals surface area contributed by atoms with Crippen LogP contribution in [0, 0.1) is 10.1 Å². The Bertz CT molecular complexity index is 599. The average molecular weight is 291 g/mol. The highest BCUT2D eigenvalue weighted by molar-refractivity contribution is 6.30. The first-order valence-electron chi connectivity index (χ1n) is 6.27. The molecule has 0 heterocycles. The molecule has 4 nitrogen and oxygen atoms in total. The van der Waals surface area contributed by atoms with Gasteiger partial charge in [0.2, 0.25) is 0 Å². The molecule has 1 N–H and O–H groups in total. The van der Waals surface area contributed by atoms with Crippen LogP contribution >= 0.6 is 11.6 Å². The maximum Gasteiger partial charge on any atom is 0.272 e. The summed E-state index contributed by atoms with van der Waals surface area (Å²) in [7, 11) is 1.84. The van der Waals surface area contributed by atoms with Crippen LogP contribution in [0.5, 0.6) is 0 Å². The number of hydrogen-bond donors (Lipinski definition) is 1. The van der Waals surface area contributed by atoms with E-state index in [1.165, 1.54) is 6.07 Å². The first-order chi connectivity index (χ1) is 9.61. The van der Waals surface area contributed by atoms with Gasteiger partial charge in [-0.05, 0) is 31.2 Å². The van der Waals surface area contributed by atoms with Gasteiger partial charge in [-0.1, -0.05) is 41.9 Å². The number of para-hydroxylation sites is 1. The van der Waals surface area contributed by atoms with E-state index in [-0.39, 0.29) is 16.7 Å². The Morgan fingerprint density at radius 2 is 1.85 bits per heavy atom. The number of nitrogens with zero attached hydrogens (tertiary/aromatic N) is 1. The normalized spacial score (nSPS) is 12.1. The van der Waals surface area contributed by atoms with Crippen LogP contribution in [-0.2, 0) is 6.42 Å². The van der Waals surface area contributed by atoms with E-state index < -0.39 is 0 Å². The summed E-state index contributed by atoms with van der Waals surface area (Å²) in [6, 6.07) is 14.3. The van der Waals surface area contributed by atoms with E-state index in [9.17, 15) is 10.1 Å². The van der Waals surface area contributed by atoms with Crippen molar-refractivity contribution in [1.29, 1.82) is 0 Å². The van der Waals surface area contributed by atoms with Crippen molar-refractivity contribution in [3.05, 3.63) is 74.8 Å². The quantitative estimate of drug-likeness (QED) is 0.674. The summed E-state index contributed by atoms with van der Waals surface area (Å²) in [6.07, 6.45) is 0.551. The van der Waals surface area contributed by atoms with Crippen LogP contribution in [0.2, 0.25) is 5.02 Å². The molecule has 0 aliphatic heterocycles. The van der Waals surface area contributed by atoms with E-state index in [1.807, 2.05) is 37.4 Å². The number of likely N-dealkylation sites (N-methyl/N-ethyl adjacent to an activating group) is 1. The average Bonchev–Trinajstić information content (AvgIpc) is 2.46. The number of nitrogens with one attached hydrogen (secondary N) is 1. The summed E-state index contributed by atoms with van der Waals surface area (Å²) in [5.74, 6) is 0. The van der Waals surface area contributed by atoms with Gasteiger partial charge in [0.15, 0.2) is 0 Å². The summed E-state index contributed by atoms with van der Waals surface area (Å²) >= 11 is 5.88. The van der Waals surface area contributed by atoms with Crippen LogP contribution in [0.4, 0.5) is 5.69 Å². The van der Waals surface area contributed by atoms with E-state index in [2.05, 4.69) is 5.32 Å². The van der Waals surface area contributed by atoms with Gasteiger partial charge in [0.25, 0.3) is 5.69 Å². The van der Waals surface area contributed by atoms with Crippen molar-refractivity contribution in [2.24, 2.45) is 0 Å². The molecule has 0 aliphatic rings. The van der Waals surface area contributed by atoms with Crippen LogP contribution in [0.3, 0.4) is 0 Å². The fraction of sp³-hybridized carbons (Fsp3) is 0.200. The zero-order chi connectivity index (χ0) is 14.5. The molecule has 1 unspecified atom stereocenters. The van der Waals surface area contributed by atoms with Crippen LogP contribution in [-0.4, -0.2) is 12.0 Å². The lowest BCUT2D eigenvalue weighted by atomic mass is 9.98. The highest BCUT2D eigenvalue weighted by Crippen LogP contribution is 2.25. The highest BCUT2D eigenvalue weighted by atomic mass is 35.5. The number of hydrogen-bond acceptors (Lipinski definition) is 3. The van der Waals surface area contributed by atoms with Gasteiger partial charge in [-0.15, -0.1) is 0 Å². The Hall–Kier alpha value is -1.91. The fourth-order valence-corrected chi connectivity index (χ4v) is 2.29. The van der Waals surface area contributed by atoms with Gasteiger partial charge in [0.05, 0.1) is 4.92 Å². The molecular formula is C15H15ClN2O2. The molecule has 104 valence electrons. The molecule has 2 aromatic carbocycles. The van der Waals surface area contributed by atoms with Crippen molar-refractivity contribution >= 4 is 17.3 Å². The van der Waals surface area contributed by atoms with Crippen LogP contribution in [0.15, 0.2) is 48.5 Å². The molecule has 20 heavy (non-hydrogen) atoms. The third-order valence-corrected chi connectivity index (χ3v) is 3.49. The summed E-state index contributed by atoms with van der Waals surface area (Å²) in [5, 5.41) is 14.9. The largest absolute Gasteiger partial charge is 0.313 e. The van der Waals surface area contributed by atoms with Gasteiger partial charge in [0, 0.05) is 22.7 Å². The Morgan fingerprint density at radius 1 is 1.20 bits per heavy atom. The van der Waals surface area contributed by atoms with Crippen LogP contribution < -0.4 is 5.32 Å². The Balaban J connectivity index is 2.27. The van der Waals surface area contributed by atoms with Crippen LogP contribution in [0.1, 0.15) is 17.2 Å². The van der Waals surface area contributed by atoms with Gasteiger partial charge >= 0.3 is 0 Å². The van der Waals surface area contributed by atoms with Crippen molar-refractivity contribution in [2.45, 2.75) is 12.5 Å². The number of nitro groups is 1.